The number of benzene rings is 4. The van der Waals surface area contributed by atoms with Crippen molar-refractivity contribution in [2.45, 2.75) is 99.1 Å². The van der Waals surface area contributed by atoms with Crippen LogP contribution in [0.4, 0.5) is 0 Å². The molecule has 2 saturated heterocycles. The maximum absolute atomic E-state index is 13.2. The van der Waals surface area contributed by atoms with Crippen LogP contribution in [0.25, 0.3) is 0 Å². The zero-order valence-electron chi connectivity index (χ0n) is 41.4. The zero-order chi connectivity index (χ0) is 51.1. The van der Waals surface area contributed by atoms with Crippen LogP contribution in [0.5, 0.6) is 11.5 Å². The molecule has 2 amide bonds. The van der Waals surface area contributed by atoms with Crippen molar-refractivity contribution in [3.05, 3.63) is 164 Å². The molecule has 4 heterocycles. The first-order chi connectivity index (χ1) is 34.7. The molecule has 72 heavy (non-hydrogen) atoms. The summed E-state index contributed by atoms with van der Waals surface area (Å²) in [6.07, 6.45) is 5.36. The summed E-state index contributed by atoms with van der Waals surface area (Å²) in [5.74, 6) is 0.749. The number of ether oxygens (including phenoxy) is 2. The van der Waals surface area contributed by atoms with Gasteiger partial charge < -0.3 is 30.7 Å². The van der Waals surface area contributed by atoms with Gasteiger partial charge in [-0.15, -0.1) is 22.7 Å². The SMILES string of the molecule is CCCc1ccc(CNC2CCN(S(=O)(=O)c3ccc(CNC(=O)c4cccc(OC)c4)s3)CC2)cc1.COc1cccc(C(=O)NCc2ccc(S(=O)(=O)N3CCC(NCc4cccc(C)c4)CC3)s2)c1. The lowest BCUT2D eigenvalue weighted by Gasteiger charge is -2.31. The summed E-state index contributed by atoms with van der Waals surface area (Å²) in [5.41, 5.74) is 6.08. The molecule has 14 nitrogen and oxygen atoms in total. The van der Waals surface area contributed by atoms with Gasteiger partial charge in [-0.3, -0.25) is 9.59 Å². The van der Waals surface area contributed by atoms with E-state index in [0.29, 0.717) is 69.3 Å². The van der Waals surface area contributed by atoms with Gasteiger partial charge in [-0.25, -0.2) is 16.8 Å². The molecule has 18 heteroatoms. The smallest absolute Gasteiger partial charge is 0.252 e. The Bertz CT molecular complexity index is 2940. The summed E-state index contributed by atoms with van der Waals surface area (Å²) in [7, 11) is -3.99. The summed E-state index contributed by atoms with van der Waals surface area (Å²) < 4.78 is 66.9. The Morgan fingerprint density at radius 3 is 1.44 bits per heavy atom. The predicted octanol–water partition coefficient (Wildman–Crippen LogP) is 8.52. The number of rotatable bonds is 20. The molecule has 4 aromatic carbocycles. The summed E-state index contributed by atoms with van der Waals surface area (Å²) in [5, 5.41) is 12.8. The first-order valence-electron chi connectivity index (χ1n) is 24.4. The molecule has 384 valence electrons. The van der Waals surface area contributed by atoms with Gasteiger partial charge in [-0.1, -0.05) is 79.6 Å². The average Bonchev–Trinajstić information content (AvgIpc) is 4.11. The molecule has 4 N–H and O–H groups in total. The largest absolute Gasteiger partial charge is 0.497 e. The molecule has 2 aliphatic heterocycles. The molecule has 8 rings (SSSR count). The van der Waals surface area contributed by atoms with Gasteiger partial charge in [0.2, 0.25) is 0 Å². The molecular formula is C54H66N6O8S4. The van der Waals surface area contributed by atoms with Gasteiger partial charge in [-0.05, 0) is 116 Å². The lowest BCUT2D eigenvalue weighted by atomic mass is 10.1. The van der Waals surface area contributed by atoms with Gasteiger partial charge in [0.25, 0.3) is 31.9 Å². The van der Waals surface area contributed by atoms with Crippen LogP contribution in [0.3, 0.4) is 0 Å². The second-order valence-corrected chi connectivity index (χ2v) is 24.6. The number of amides is 2. The van der Waals surface area contributed by atoms with Gasteiger partial charge in [0.05, 0.1) is 27.3 Å². The van der Waals surface area contributed by atoms with Crippen molar-refractivity contribution >= 4 is 54.5 Å². The second kappa shape index (κ2) is 26.0. The quantitative estimate of drug-likeness (QED) is 0.0580. The van der Waals surface area contributed by atoms with Crippen LogP contribution in [0.2, 0.25) is 0 Å². The maximum atomic E-state index is 13.2. The third-order valence-corrected chi connectivity index (χ3v) is 19.6. The average molecular weight is 1060 g/mol. The predicted molar refractivity (Wildman–Crippen MR) is 286 cm³/mol. The number of thiophene rings is 2. The highest BCUT2D eigenvalue weighted by molar-refractivity contribution is 7.91. The maximum Gasteiger partial charge on any atom is 0.252 e. The van der Waals surface area contributed by atoms with Crippen LogP contribution in [0.1, 0.15) is 91.8 Å². The van der Waals surface area contributed by atoms with E-state index in [4.69, 9.17) is 9.47 Å². The van der Waals surface area contributed by atoms with E-state index in [9.17, 15) is 26.4 Å². The van der Waals surface area contributed by atoms with E-state index in [2.05, 4.69) is 83.6 Å². The number of carbonyl (C=O) groups excluding carboxylic acids is 2. The van der Waals surface area contributed by atoms with Crippen molar-refractivity contribution in [3.63, 3.8) is 0 Å². The van der Waals surface area contributed by atoms with E-state index in [1.807, 2.05) is 0 Å². The fourth-order valence-corrected chi connectivity index (χ4v) is 14.4. The van der Waals surface area contributed by atoms with Crippen molar-refractivity contribution < 1.29 is 35.9 Å². The van der Waals surface area contributed by atoms with Crippen molar-refractivity contribution in [2.24, 2.45) is 0 Å². The normalized spacial score (nSPS) is 15.1. The Kier molecular flexibility index (Phi) is 19.6. The second-order valence-electron chi connectivity index (χ2n) is 17.9. The monoisotopic (exact) mass is 1050 g/mol. The number of sulfonamides is 2. The van der Waals surface area contributed by atoms with Crippen LogP contribution in [0, 0.1) is 6.92 Å². The highest BCUT2D eigenvalue weighted by Crippen LogP contribution is 2.29. The van der Waals surface area contributed by atoms with Gasteiger partial charge in [0, 0.05) is 72.2 Å². The molecule has 0 atom stereocenters. The van der Waals surface area contributed by atoms with Crippen LogP contribution in [-0.4, -0.2) is 89.7 Å². The van der Waals surface area contributed by atoms with Crippen LogP contribution in [-0.2, 0) is 52.6 Å². The molecular weight excluding hydrogens is 989 g/mol. The van der Waals surface area contributed by atoms with E-state index in [1.165, 1.54) is 44.9 Å². The first kappa shape index (κ1) is 54.3. The Morgan fingerprint density at radius 1 is 0.556 bits per heavy atom. The highest BCUT2D eigenvalue weighted by atomic mass is 32.3. The molecule has 0 saturated carbocycles. The van der Waals surface area contributed by atoms with Crippen LogP contribution in [0.15, 0.2) is 130 Å². The van der Waals surface area contributed by atoms with E-state index in [-0.39, 0.29) is 24.9 Å². The molecule has 0 spiro atoms. The number of piperidine rings is 2. The number of aryl methyl sites for hydroxylation is 2. The van der Waals surface area contributed by atoms with Crippen molar-refractivity contribution in [3.8, 4) is 11.5 Å². The van der Waals surface area contributed by atoms with Gasteiger partial charge >= 0.3 is 0 Å². The third-order valence-electron chi connectivity index (χ3n) is 12.7. The summed E-state index contributed by atoms with van der Waals surface area (Å²) in [4.78, 5) is 26.5. The molecule has 0 aliphatic carbocycles. The standard InChI is InChI=1S/C28H35N3O4S2.C26H31N3O4S2/c1-3-5-21-8-10-22(11-9-21)19-29-24-14-16-31(17-15-24)37(33,34)27-13-12-26(36-27)20-30-28(32)23-6-4-7-25(18-23)35-2;1-19-5-3-6-20(15-19)17-27-22-11-13-29(14-12-22)35(31,32)25-10-9-24(34-25)18-28-26(30)21-7-4-8-23(16-21)33-2/h4,6-13,18,24,29H,3,5,14-17,19-20H2,1-2H3,(H,30,32);3-10,15-16,22,27H,11-14,17-18H2,1-2H3,(H,28,30). The third kappa shape index (κ3) is 15.1. The number of nitrogens with one attached hydrogen (secondary N) is 4. The number of hydrogen-bond acceptors (Lipinski definition) is 12. The lowest BCUT2D eigenvalue weighted by Crippen LogP contribution is -2.44. The number of hydrogen-bond donors (Lipinski definition) is 4. The molecule has 0 radical (unpaired) electrons. The minimum atomic E-state index is -3.55. The Morgan fingerprint density at radius 2 is 1.00 bits per heavy atom. The molecule has 2 aromatic heterocycles. The Labute approximate surface area is 433 Å². The minimum Gasteiger partial charge on any atom is -0.497 e. The molecule has 2 fully saturated rings. The Hall–Kier alpha value is -5.44. The van der Waals surface area contributed by atoms with Crippen molar-refractivity contribution in [2.75, 3.05) is 40.4 Å². The Balaban J connectivity index is 0.000000212. The minimum absolute atomic E-state index is 0.233. The van der Waals surface area contributed by atoms with Gasteiger partial charge in [0.1, 0.15) is 19.9 Å². The topological polar surface area (TPSA) is 175 Å². The summed E-state index contributed by atoms with van der Waals surface area (Å²) in [6.45, 7) is 8.35. The van der Waals surface area contributed by atoms with E-state index in [0.717, 1.165) is 61.4 Å². The molecule has 0 bridgehead atoms. The van der Waals surface area contributed by atoms with Gasteiger partial charge in [-0.2, -0.15) is 8.61 Å². The summed E-state index contributed by atoms with van der Waals surface area (Å²) >= 11 is 2.41. The summed E-state index contributed by atoms with van der Waals surface area (Å²) in [6, 6.07) is 38.3. The molecule has 2 aliphatic rings. The van der Waals surface area contributed by atoms with E-state index >= 15 is 0 Å². The number of nitrogens with zero attached hydrogens (tertiary/aromatic N) is 2. The lowest BCUT2D eigenvalue weighted by molar-refractivity contribution is 0.0943. The molecule has 6 aromatic rings. The highest BCUT2D eigenvalue weighted by Gasteiger charge is 2.32. The fraction of sp³-hybridized carbons (Fsp3) is 0.370. The van der Waals surface area contributed by atoms with E-state index in [1.54, 1.807) is 95.6 Å². The van der Waals surface area contributed by atoms with Crippen molar-refractivity contribution in [1.82, 2.24) is 29.9 Å². The van der Waals surface area contributed by atoms with Crippen molar-refractivity contribution in [1.29, 1.82) is 0 Å². The first-order valence-corrected chi connectivity index (χ1v) is 28.9. The van der Waals surface area contributed by atoms with Crippen LogP contribution < -0.4 is 30.7 Å². The number of carbonyl (C=O) groups is 2. The zero-order valence-corrected chi connectivity index (χ0v) is 44.7. The molecule has 0 unspecified atom stereocenters. The number of methoxy groups -OCH3 is 2. The van der Waals surface area contributed by atoms with E-state index < -0.39 is 20.0 Å². The van der Waals surface area contributed by atoms with Crippen LogP contribution >= 0.6 is 22.7 Å². The fourth-order valence-electron chi connectivity index (χ4n) is 8.57. The van der Waals surface area contributed by atoms with Gasteiger partial charge in [0.15, 0.2) is 0 Å².